The molecule has 0 aliphatic carbocycles. The maximum Gasteiger partial charge on any atom is 0.231 e. The average Bonchev–Trinajstić information content (AvgIpc) is 2.55. The van der Waals surface area contributed by atoms with Gasteiger partial charge in [-0.05, 0) is 25.1 Å². The minimum Gasteiger partial charge on any atom is -0.496 e. The van der Waals surface area contributed by atoms with Crippen LogP contribution in [0.2, 0.25) is 0 Å². The van der Waals surface area contributed by atoms with Crippen molar-refractivity contribution in [3.63, 3.8) is 0 Å². The van der Waals surface area contributed by atoms with Crippen LogP contribution >= 0.6 is 0 Å². The summed E-state index contributed by atoms with van der Waals surface area (Å²) in [6.45, 7) is 1.92. The molecular formula is C18H21NO3. The van der Waals surface area contributed by atoms with Gasteiger partial charge in [-0.1, -0.05) is 24.3 Å². The maximum atomic E-state index is 12.5. The second kappa shape index (κ2) is 6.98. The molecule has 0 bridgehead atoms. The van der Waals surface area contributed by atoms with Gasteiger partial charge in [0.1, 0.15) is 11.5 Å². The van der Waals surface area contributed by atoms with Crippen LogP contribution in [0, 0.1) is 6.92 Å². The molecule has 0 aromatic heterocycles. The lowest BCUT2D eigenvalue weighted by Crippen LogP contribution is -2.27. The number of anilines is 1. The number of hydrogen-bond acceptors (Lipinski definition) is 3. The Balaban J connectivity index is 2.23. The molecule has 22 heavy (non-hydrogen) atoms. The van der Waals surface area contributed by atoms with Gasteiger partial charge in [0.2, 0.25) is 5.91 Å². The van der Waals surface area contributed by atoms with Crippen LogP contribution in [0.15, 0.2) is 42.5 Å². The van der Waals surface area contributed by atoms with E-state index in [-0.39, 0.29) is 12.3 Å². The van der Waals surface area contributed by atoms with Crippen molar-refractivity contribution in [3.05, 3.63) is 53.6 Å². The first-order chi connectivity index (χ1) is 10.6. The van der Waals surface area contributed by atoms with Gasteiger partial charge in [-0.15, -0.1) is 0 Å². The van der Waals surface area contributed by atoms with E-state index in [1.807, 2.05) is 49.4 Å². The Bertz CT molecular complexity index is 653. The Morgan fingerprint density at radius 1 is 1.05 bits per heavy atom. The molecule has 0 unspecified atom stereocenters. The summed E-state index contributed by atoms with van der Waals surface area (Å²) in [6.07, 6.45) is 0.277. The van der Waals surface area contributed by atoms with Gasteiger partial charge >= 0.3 is 0 Å². The summed E-state index contributed by atoms with van der Waals surface area (Å²) in [7, 11) is 5.01. The number of benzene rings is 2. The zero-order valence-electron chi connectivity index (χ0n) is 13.4. The summed E-state index contributed by atoms with van der Waals surface area (Å²) in [5.41, 5.74) is 2.63. The molecule has 1 amide bonds. The van der Waals surface area contributed by atoms with Gasteiger partial charge in [-0.25, -0.2) is 0 Å². The van der Waals surface area contributed by atoms with E-state index < -0.39 is 0 Å². The number of amides is 1. The molecule has 0 heterocycles. The van der Waals surface area contributed by atoms with E-state index in [1.165, 1.54) is 0 Å². The van der Waals surface area contributed by atoms with Crippen LogP contribution in [0.5, 0.6) is 11.5 Å². The van der Waals surface area contributed by atoms with Crippen LogP contribution in [-0.4, -0.2) is 27.2 Å². The molecular weight excluding hydrogens is 278 g/mol. The van der Waals surface area contributed by atoms with Crippen LogP contribution < -0.4 is 14.4 Å². The Labute approximate surface area is 131 Å². The first-order valence-corrected chi connectivity index (χ1v) is 7.10. The molecule has 0 saturated heterocycles. The van der Waals surface area contributed by atoms with Gasteiger partial charge in [0.05, 0.1) is 20.6 Å². The number of carbonyl (C=O) groups is 1. The van der Waals surface area contributed by atoms with Gasteiger partial charge in [0.25, 0.3) is 0 Å². The highest BCUT2D eigenvalue weighted by Crippen LogP contribution is 2.31. The lowest BCUT2D eigenvalue weighted by molar-refractivity contribution is -0.117. The van der Waals surface area contributed by atoms with Gasteiger partial charge in [0, 0.05) is 23.9 Å². The molecule has 4 heteroatoms. The molecule has 0 N–H and O–H groups in total. The topological polar surface area (TPSA) is 38.8 Å². The second-order valence-corrected chi connectivity index (χ2v) is 5.05. The fourth-order valence-corrected chi connectivity index (χ4v) is 2.45. The van der Waals surface area contributed by atoms with Crippen molar-refractivity contribution in [2.75, 3.05) is 26.2 Å². The minimum atomic E-state index is 0.00840. The SMILES string of the molecule is COc1ccc(CC(=O)N(C)c2ccccc2)c(OC)c1C. The molecule has 2 aromatic carbocycles. The molecule has 2 aromatic rings. The summed E-state index contributed by atoms with van der Waals surface area (Å²) in [5, 5.41) is 0. The van der Waals surface area contributed by atoms with Crippen molar-refractivity contribution >= 4 is 11.6 Å². The zero-order valence-corrected chi connectivity index (χ0v) is 13.4. The Morgan fingerprint density at radius 3 is 2.32 bits per heavy atom. The lowest BCUT2D eigenvalue weighted by atomic mass is 10.0. The first-order valence-electron chi connectivity index (χ1n) is 7.10. The number of hydrogen-bond donors (Lipinski definition) is 0. The first kappa shape index (κ1) is 15.9. The van der Waals surface area contributed by atoms with Gasteiger partial charge in [0.15, 0.2) is 0 Å². The average molecular weight is 299 g/mol. The van der Waals surface area contributed by atoms with Crippen molar-refractivity contribution in [2.24, 2.45) is 0 Å². The Morgan fingerprint density at radius 2 is 1.73 bits per heavy atom. The third kappa shape index (κ3) is 3.22. The number of likely N-dealkylation sites (N-methyl/N-ethyl adjacent to an activating group) is 1. The fraction of sp³-hybridized carbons (Fsp3) is 0.278. The predicted molar refractivity (Wildman–Crippen MR) is 87.8 cm³/mol. The normalized spacial score (nSPS) is 10.2. The van der Waals surface area contributed by atoms with Crippen molar-refractivity contribution in [3.8, 4) is 11.5 Å². The van der Waals surface area contributed by atoms with Crippen molar-refractivity contribution in [1.29, 1.82) is 0 Å². The van der Waals surface area contributed by atoms with Crippen molar-refractivity contribution < 1.29 is 14.3 Å². The maximum absolute atomic E-state index is 12.5. The van der Waals surface area contributed by atoms with E-state index in [9.17, 15) is 4.79 Å². The van der Waals surface area contributed by atoms with E-state index in [2.05, 4.69) is 0 Å². The highest BCUT2D eigenvalue weighted by Gasteiger charge is 2.17. The number of methoxy groups -OCH3 is 2. The molecule has 0 radical (unpaired) electrons. The molecule has 0 fully saturated rings. The van der Waals surface area contributed by atoms with Crippen LogP contribution in [-0.2, 0) is 11.2 Å². The van der Waals surface area contributed by atoms with Crippen molar-refractivity contribution in [1.82, 2.24) is 0 Å². The molecule has 0 aliphatic rings. The summed E-state index contributed by atoms with van der Waals surface area (Å²) < 4.78 is 10.7. The van der Waals surface area contributed by atoms with Crippen LogP contribution in [0.3, 0.4) is 0 Å². The van der Waals surface area contributed by atoms with E-state index in [4.69, 9.17) is 9.47 Å². The molecule has 0 atom stereocenters. The zero-order chi connectivity index (χ0) is 16.1. The summed E-state index contributed by atoms with van der Waals surface area (Å²) in [5.74, 6) is 1.47. The summed E-state index contributed by atoms with van der Waals surface area (Å²) in [4.78, 5) is 14.1. The van der Waals surface area contributed by atoms with Crippen LogP contribution in [0.25, 0.3) is 0 Å². The molecule has 4 nitrogen and oxygen atoms in total. The highest BCUT2D eigenvalue weighted by molar-refractivity contribution is 5.94. The van der Waals surface area contributed by atoms with E-state index in [0.717, 1.165) is 22.6 Å². The predicted octanol–water partition coefficient (Wildman–Crippen LogP) is 3.22. The van der Waals surface area contributed by atoms with Crippen LogP contribution in [0.1, 0.15) is 11.1 Å². The molecule has 116 valence electrons. The third-order valence-corrected chi connectivity index (χ3v) is 3.72. The van der Waals surface area contributed by atoms with Gasteiger partial charge in [-0.3, -0.25) is 4.79 Å². The number of rotatable bonds is 5. The number of carbonyl (C=O) groups excluding carboxylic acids is 1. The Hall–Kier alpha value is -2.49. The standard InChI is InChI=1S/C18H21NO3/c1-13-16(21-3)11-10-14(18(13)22-4)12-17(20)19(2)15-8-6-5-7-9-15/h5-11H,12H2,1-4H3. The van der Waals surface area contributed by atoms with Gasteiger partial charge in [-0.2, -0.15) is 0 Å². The smallest absolute Gasteiger partial charge is 0.231 e. The summed E-state index contributed by atoms with van der Waals surface area (Å²) in [6, 6.07) is 13.3. The third-order valence-electron chi connectivity index (χ3n) is 3.72. The van der Waals surface area contributed by atoms with Crippen molar-refractivity contribution in [2.45, 2.75) is 13.3 Å². The summed E-state index contributed by atoms with van der Waals surface area (Å²) >= 11 is 0. The number of ether oxygens (including phenoxy) is 2. The largest absolute Gasteiger partial charge is 0.496 e. The van der Waals surface area contributed by atoms with Gasteiger partial charge < -0.3 is 14.4 Å². The minimum absolute atomic E-state index is 0.00840. The Kier molecular flexibility index (Phi) is 5.04. The quantitative estimate of drug-likeness (QED) is 0.851. The molecule has 0 spiro atoms. The molecule has 0 aliphatic heterocycles. The second-order valence-electron chi connectivity index (χ2n) is 5.05. The number of para-hydroxylation sites is 1. The molecule has 0 saturated carbocycles. The van der Waals surface area contributed by atoms with E-state index in [0.29, 0.717) is 5.75 Å². The number of nitrogens with zero attached hydrogens (tertiary/aromatic N) is 1. The van der Waals surface area contributed by atoms with E-state index in [1.54, 1.807) is 26.2 Å². The molecule has 2 rings (SSSR count). The lowest BCUT2D eigenvalue weighted by Gasteiger charge is -2.19. The monoisotopic (exact) mass is 299 g/mol. The van der Waals surface area contributed by atoms with Crippen LogP contribution in [0.4, 0.5) is 5.69 Å². The highest BCUT2D eigenvalue weighted by atomic mass is 16.5. The van der Waals surface area contributed by atoms with E-state index >= 15 is 0 Å². The fourth-order valence-electron chi connectivity index (χ4n) is 2.45.